The first-order chi connectivity index (χ1) is 12.5. The molecule has 7 nitrogen and oxygen atoms in total. The summed E-state index contributed by atoms with van der Waals surface area (Å²) in [6.07, 6.45) is 1.45. The number of carbonyl (C=O) groups excluding carboxylic acids is 3. The second-order valence-corrected chi connectivity index (χ2v) is 6.27. The van der Waals surface area contributed by atoms with Crippen LogP contribution < -0.4 is 5.32 Å². The van der Waals surface area contributed by atoms with E-state index < -0.39 is 0 Å². The molecule has 26 heavy (non-hydrogen) atoms. The van der Waals surface area contributed by atoms with Gasteiger partial charge in [0.25, 0.3) is 0 Å². The van der Waals surface area contributed by atoms with Crippen molar-refractivity contribution in [3.63, 3.8) is 0 Å². The molecule has 1 aliphatic heterocycles. The van der Waals surface area contributed by atoms with Crippen molar-refractivity contribution < 1.29 is 23.9 Å². The van der Waals surface area contributed by atoms with Gasteiger partial charge in [-0.05, 0) is 50.6 Å². The van der Waals surface area contributed by atoms with Crippen LogP contribution in [0.5, 0.6) is 0 Å². The van der Waals surface area contributed by atoms with Crippen molar-refractivity contribution in [3.05, 3.63) is 35.4 Å². The standard InChI is InChI=1S/C19H26N2O5/c1-3-26-19(24)16-8-10-21(11-9-16)13-17(22)20-12-14-4-6-15(7-5-14)18(23)25-2/h4-7,16H,3,8-13H2,1-2H3,(H,20,22). The van der Waals surface area contributed by atoms with Crippen LogP contribution in [0, 0.1) is 5.92 Å². The Morgan fingerprint density at radius 1 is 1.15 bits per heavy atom. The first kappa shape index (κ1) is 19.9. The van der Waals surface area contributed by atoms with Gasteiger partial charge in [0.1, 0.15) is 0 Å². The molecule has 1 fully saturated rings. The lowest BCUT2D eigenvalue weighted by molar-refractivity contribution is -0.149. The lowest BCUT2D eigenvalue weighted by Crippen LogP contribution is -2.42. The van der Waals surface area contributed by atoms with E-state index in [0.717, 1.165) is 18.4 Å². The number of piperidine rings is 1. The van der Waals surface area contributed by atoms with Crippen LogP contribution in [0.1, 0.15) is 35.7 Å². The fraction of sp³-hybridized carbons (Fsp3) is 0.526. The Morgan fingerprint density at radius 3 is 2.38 bits per heavy atom. The number of nitrogens with zero attached hydrogens (tertiary/aromatic N) is 1. The maximum atomic E-state index is 12.1. The number of esters is 2. The van der Waals surface area contributed by atoms with Crippen molar-refractivity contribution in [2.24, 2.45) is 5.92 Å². The summed E-state index contributed by atoms with van der Waals surface area (Å²) in [4.78, 5) is 37.3. The second kappa shape index (κ2) is 9.91. The molecule has 1 N–H and O–H groups in total. The summed E-state index contributed by atoms with van der Waals surface area (Å²) in [5.41, 5.74) is 1.39. The van der Waals surface area contributed by atoms with Crippen LogP contribution in [-0.4, -0.2) is 56.1 Å². The number of hydrogen-bond acceptors (Lipinski definition) is 6. The molecule has 1 aromatic carbocycles. The molecule has 7 heteroatoms. The lowest BCUT2D eigenvalue weighted by atomic mass is 9.97. The SMILES string of the molecule is CCOC(=O)C1CCN(CC(=O)NCc2ccc(C(=O)OC)cc2)CC1. The topological polar surface area (TPSA) is 84.9 Å². The van der Waals surface area contributed by atoms with Crippen LogP contribution in [-0.2, 0) is 25.6 Å². The Hall–Kier alpha value is -2.41. The first-order valence-electron chi connectivity index (χ1n) is 8.86. The predicted octanol–water partition coefficient (Wildman–Crippen LogP) is 1.36. The third-order valence-electron chi connectivity index (χ3n) is 4.44. The zero-order valence-electron chi connectivity index (χ0n) is 15.3. The summed E-state index contributed by atoms with van der Waals surface area (Å²) < 4.78 is 9.70. The average Bonchev–Trinajstić information content (AvgIpc) is 2.67. The molecule has 1 aliphatic rings. The zero-order valence-corrected chi connectivity index (χ0v) is 15.3. The number of benzene rings is 1. The summed E-state index contributed by atoms with van der Waals surface area (Å²) in [6.45, 7) is 4.35. The number of nitrogens with one attached hydrogen (secondary N) is 1. The molecule has 0 aliphatic carbocycles. The first-order valence-corrected chi connectivity index (χ1v) is 8.86. The van der Waals surface area contributed by atoms with Gasteiger partial charge in [0, 0.05) is 6.54 Å². The molecule has 2 rings (SSSR count). The number of likely N-dealkylation sites (tertiary alicyclic amines) is 1. The van der Waals surface area contributed by atoms with Crippen LogP contribution in [0.15, 0.2) is 24.3 Å². The molecular weight excluding hydrogens is 336 g/mol. The lowest BCUT2D eigenvalue weighted by Gasteiger charge is -2.30. The number of hydrogen-bond donors (Lipinski definition) is 1. The van der Waals surface area contributed by atoms with E-state index in [1.54, 1.807) is 31.2 Å². The molecule has 0 radical (unpaired) electrons. The summed E-state index contributed by atoms with van der Waals surface area (Å²) in [7, 11) is 1.34. The van der Waals surface area contributed by atoms with E-state index in [2.05, 4.69) is 10.1 Å². The van der Waals surface area contributed by atoms with Gasteiger partial charge < -0.3 is 14.8 Å². The molecule has 0 bridgehead atoms. The van der Waals surface area contributed by atoms with Crippen molar-refractivity contribution in [2.75, 3.05) is 33.4 Å². The van der Waals surface area contributed by atoms with Gasteiger partial charge in [0.05, 0.1) is 31.7 Å². The fourth-order valence-electron chi connectivity index (χ4n) is 2.92. The van der Waals surface area contributed by atoms with Gasteiger partial charge >= 0.3 is 11.9 Å². The van der Waals surface area contributed by atoms with Crippen molar-refractivity contribution in [1.29, 1.82) is 0 Å². The normalized spacial score (nSPS) is 15.3. The summed E-state index contributed by atoms with van der Waals surface area (Å²) >= 11 is 0. The Balaban J connectivity index is 1.71. The molecule has 1 amide bonds. The van der Waals surface area contributed by atoms with Gasteiger partial charge in [-0.15, -0.1) is 0 Å². The molecular formula is C19H26N2O5. The van der Waals surface area contributed by atoms with E-state index >= 15 is 0 Å². The van der Waals surface area contributed by atoms with E-state index in [0.29, 0.717) is 38.3 Å². The van der Waals surface area contributed by atoms with Crippen LogP contribution in [0.2, 0.25) is 0 Å². The zero-order chi connectivity index (χ0) is 18.9. The van der Waals surface area contributed by atoms with Gasteiger partial charge in [-0.2, -0.15) is 0 Å². The van der Waals surface area contributed by atoms with E-state index in [4.69, 9.17) is 4.74 Å². The summed E-state index contributed by atoms with van der Waals surface area (Å²) in [5.74, 6) is -0.627. The minimum absolute atomic E-state index is 0.0532. The molecule has 142 valence electrons. The van der Waals surface area contributed by atoms with Gasteiger partial charge in [-0.1, -0.05) is 12.1 Å². The molecule has 0 aromatic heterocycles. The van der Waals surface area contributed by atoms with Gasteiger partial charge in [0.2, 0.25) is 5.91 Å². The van der Waals surface area contributed by atoms with E-state index in [9.17, 15) is 14.4 Å². The van der Waals surface area contributed by atoms with E-state index in [1.165, 1.54) is 7.11 Å². The van der Waals surface area contributed by atoms with Crippen molar-refractivity contribution in [1.82, 2.24) is 10.2 Å². The minimum atomic E-state index is -0.383. The number of rotatable bonds is 7. The highest BCUT2D eigenvalue weighted by Crippen LogP contribution is 2.18. The largest absolute Gasteiger partial charge is 0.466 e. The summed E-state index contributed by atoms with van der Waals surface area (Å²) in [5, 5.41) is 2.87. The minimum Gasteiger partial charge on any atom is -0.466 e. The van der Waals surface area contributed by atoms with Crippen molar-refractivity contribution in [2.45, 2.75) is 26.3 Å². The fourth-order valence-corrected chi connectivity index (χ4v) is 2.92. The maximum absolute atomic E-state index is 12.1. The Labute approximate surface area is 153 Å². The highest BCUT2D eigenvalue weighted by atomic mass is 16.5. The van der Waals surface area contributed by atoms with Gasteiger partial charge in [0.15, 0.2) is 0 Å². The average molecular weight is 362 g/mol. The van der Waals surface area contributed by atoms with Crippen LogP contribution in [0.3, 0.4) is 0 Å². The number of ether oxygens (including phenoxy) is 2. The van der Waals surface area contributed by atoms with E-state index in [-0.39, 0.29) is 23.8 Å². The van der Waals surface area contributed by atoms with Gasteiger partial charge in [-0.25, -0.2) is 4.79 Å². The molecule has 1 saturated heterocycles. The predicted molar refractivity (Wildman–Crippen MR) is 95.4 cm³/mol. The van der Waals surface area contributed by atoms with Crippen molar-refractivity contribution in [3.8, 4) is 0 Å². The molecule has 1 aromatic rings. The number of amides is 1. The molecule has 0 unspecified atom stereocenters. The van der Waals surface area contributed by atoms with Crippen molar-refractivity contribution >= 4 is 17.8 Å². The maximum Gasteiger partial charge on any atom is 0.337 e. The van der Waals surface area contributed by atoms with Gasteiger partial charge in [-0.3, -0.25) is 14.5 Å². The smallest absolute Gasteiger partial charge is 0.337 e. The Kier molecular flexibility index (Phi) is 7.59. The van der Waals surface area contributed by atoms with Crippen LogP contribution in [0.4, 0.5) is 0 Å². The summed E-state index contributed by atoms with van der Waals surface area (Å²) in [6, 6.07) is 6.93. The van der Waals surface area contributed by atoms with Crippen LogP contribution in [0.25, 0.3) is 0 Å². The van der Waals surface area contributed by atoms with Crippen LogP contribution >= 0.6 is 0 Å². The molecule has 0 atom stereocenters. The monoisotopic (exact) mass is 362 g/mol. The Bertz CT molecular complexity index is 621. The molecule has 1 heterocycles. The highest BCUT2D eigenvalue weighted by molar-refractivity contribution is 5.89. The third kappa shape index (κ3) is 5.84. The third-order valence-corrected chi connectivity index (χ3v) is 4.44. The van der Waals surface area contributed by atoms with E-state index in [1.807, 2.05) is 4.90 Å². The Morgan fingerprint density at radius 2 is 1.81 bits per heavy atom. The highest BCUT2D eigenvalue weighted by Gasteiger charge is 2.26. The molecule has 0 spiro atoms. The second-order valence-electron chi connectivity index (χ2n) is 6.27. The number of methoxy groups -OCH3 is 1. The number of carbonyl (C=O) groups is 3. The quantitative estimate of drug-likeness (QED) is 0.738. The molecule has 0 saturated carbocycles.